The number of carbonyl (C=O) groups is 1. The third-order valence-corrected chi connectivity index (χ3v) is 3.68. The number of aromatic amines is 1. The summed E-state index contributed by atoms with van der Waals surface area (Å²) >= 11 is 0. The summed E-state index contributed by atoms with van der Waals surface area (Å²) in [5.41, 5.74) is 3.46. The molecule has 0 bridgehead atoms. The number of aromatic nitrogens is 1. The Morgan fingerprint density at radius 3 is 2.95 bits per heavy atom. The molecule has 104 valence electrons. The lowest BCUT2D eigenvalue weighted by atomic mass is 9.98. The van der Waals surface area contributed by atoms with Gasteiger partial charge in [-0.3, -0.25) is 4.79 Å². The second-order valence-electron chi connectivity index (χ2n) is 5.22. The van der Waals surface area contributed by atoms with Crippen molar-refractivity contribution in [2.45, 2.75) is 13.3 Å². The molecule has 20 heavy (non-hydrogen) atoms. The van der Waals surface area contributed by atoms with Crippen LogP contribution < -0.4 is 4.74 Å². The number of benzene rings is 1. The van der Waals surface area contributed by atoms with Crippen molar-refractivity contribution >= 4 is 22.4 Å². The van der Waals surface area contributed by atoms with Crippen LogP contribution in [0.25, 0.3) is 16.5 Å². The van der Waals surface area contributed by atoms with Crippen molar-refractivity contribution in [1.82, 2.24) is 9.88 Å². The fraction of sp³-hybridized carbons (Fsp3) is 0.312. The van der Waals surface area contributed by atoms with Gasteiger partial charge in [0.15, 0.2) is 0 Å². The number of hydrogen-bond donors (Lipinski definition) is 1. The summed E-state index contributed by atoms with van der Waals surface area (Å²) in [5.74, 6) is 0.341. The molecule has 1 aromatic carbocycles. The van der Waals surface area contributed by atoms with Gasteiger partial charge in [0.25, 0.3) is 0 Å². The van der Waals surface area contributed by atoms with Gasteiger partial charge in [-0.25, -0.2) is 0 Å². The first-order chi connectivity index (χ1) is 9.65. The molecule has 0 amide bonds. The highest BCUT2D eigenvalue weighted by molar-refractivity contribution is 5.98. The van der Waals surface area contributed by atoms with Gasteiger partial charge in [-0.1, -0.05) is 12.1 Å². The Labute approximate surface area is 118 Å². The Morgan fingerprint density at radius 1 is 1.40 bits per heavy atom. The van der Waals surface area contributed by atoms with Gasteiger partial charge in [0.05, 0.1) is 0 Å². The molecule has 1 aliphatic heterocycles. The van der Waals surface area contributed by atoms with Crippen LogP contribution in [0.4, 0.5) is 0 Å². The van der Waals surface area contributed by atoms with Crippen LogP contribution in [0.15, 0.2) is 30.5 Å². The zero-order valence-electron chi connectivity index (χ0n) is 11.8. The molecule has 0 spiro atoms. The molecule has 1 aromatic heterocycles. The highest BCUT2D eigenvalue weighted by Crippen LogP contribution is 2.35. The fourth-order valence-corrected chi connectivity index (χ4v) is 2.66. The maximum Gasteiger partial charge on any atom is 0.308 e. The van der Waals surface area contributed by atoms with E-state index in [0.717, 1.165) is 36.0 Å². The summed E-state index contributed by atoms with van der Waals surface area (Å²) in [7, 11) is 2.12. The Kier molecular flexibility index (Phi) is 3.32. The van der Waals surface area contributed by atoms with Gasteiger partial charge >= 0.3 is 5.97 Å². The normalized spacial score (nSPS) is 16.2. The molecule has 4 nitrogen and oxygen atoms in total. The minimum atomic E-state index is -0.290. The average molecular weight is 270 g/mol. The molecule has 1 aliphatic rings. The van der Waals surface area contributed by atoms with Crippen molar-refractivity contribution in [3.63, 3.8) is 0 Å². The number of likely N-dealkylation sites (N-methyl/N-ethyl adjacent to an activating group) is 1. The van der Waals surface area contributed by atoms with Crippen LogP contribution in [0.1, 0.15) is 18.9 Å². The van der Waals surface area contributed by atoms with E-state index in [4.69, 9.17) is 4.74 Å². The van der Waals surface area contributed by atoms with E-state index >= 15 is 0 Å². The number of hydrogen-bond acceptors (Lipinski definition) is 3. The van der Waals surface area contributed by atoms with E-state index in [9.17, 15) is 4.79 Å². The predicted octanol–water partition coefficient (Wildman–Crippen LogP) is 2.81. The van der Waals surface area contributed by atoms with Crippen LogP contribution in [0.2, 0.25) is 0 Å². The Bertz CT molecular complexity index is 685. The molecule has 3 rings (SSSR count). The Hall–Kier alpha value is -2.07. The summed E-state index contributed by atoms with van der Waals surface area (Å²) < 4.78 is 5.34. The van der Waals surface area contributed by atoms with Crippen molar-refractivity contribution in [3.8, 4) is 5.75 Å². The molecule has 0 radical (unpaired) electrons. The number of nitrogens with one attached hydrogen (secondary N) is 1. The summed E-state index contributed by atoms with van der Waals surface area (Å²) in [6.07, 6.45) is 5.27. The van der Waals surface area contributed by atoms with Crippen LogP contribution in [0, 0.1) is 0 Å². The van der Waals surface area contributed by atoms with E-state index in [1.807, 2.05) is 24.4 Å². The van der Waals surface area contributed by atoms with Crippen molar-refractivity contribution in [2.75, 3.05) is 20.1 Å². The lowest BCUT2D eigenvalue weighted by Crippen LogP contribution is -2.23. The number of fused-ring (bicyclic) bond motifs is 1. The number of H-pyrrole nitrogens is 1. The van der Waals surface area contributed by atoms with Gasteiger partial charge in [0.1, 0.15) is 5.75 Å². The molecule has 2 heterocycles. The van der Waals surface area contributed by atoms with Crippen LogP contribution in [-0.4, -0.2) is 36.0 Å². The Balaban J connectivity index is 2.09. The van der Waals surface area contributed by atoms with E-state index in [2.05, 4.69) is 23.0 Å². The maximum absolute atomic E-state index is 11.3. The molecule has 2 aromatic rings. The van der Waals surface area contributed by atoms with E-state index in [1.54, 1.807) is 0 Å². The van der Waals surface area contributed by atoms with Gasteiger partial charge in [0.2, 0.25) is 0 Å². The third kappa shape index (κ3) is 2.34. The number of nitrogens with zero attached hydrogens (tertiary/aromatic N) is 1. The van der Waals surface area contributed by atoms with Crippen molar-refractivity contribution in [3.05, 3.63) is 36.0 Å². The predicted molar refractivity (Wildman–Crippen MR) is 79.7 cm³/mol. The first-order valence-electron chi connectivity index (χ1n) is 6.81. The van der Waals surface area contributed by atoms with Gasteiger partial charge in [0, 0.05) is 42.7 Å². The Morgan fingerprint density at radius 2 is 2.25 bits per heavy atom. The fourth-order valence-electron chi connectivity index (χ4n) is 2.66. The quantitative estimate of drug-likeness (QED) is 0.674. The zero-order chi connectivity index (χ0) is 14.1. The smallest absolute Gasteiger partial charge is 0.308 e. The third-order valence-electron chi connectivity index (χ3n) is 3.68. The van der Waals surface area contributed by atoms with Crippen LogP contribution in [0.3, 0.4) is 0 Å². The van der Waals surface area contributed by atoms with Crippen LogP contribution in [0.5, 0.6) is 5.75 Å². The van der Waals surface area contributed by atoms with Gasteiger partial charge in [-0.2, -0.15) is 0 Å². The zero-order valence-corrected chi connectivity index (χ0v) is 11.8. The number of esters is 1. The average Bonchev–Trinajstić information content (AvgIpc) is 2.84. The number of ether oxygens (including phenoxy) is 1. The maximum atomic E-state index is 11.3. The van der Waals surface area contributed by atoms with Crippen LogP contribution in [-0.2, 0) is 4.79 Å². The minimum Gasteiger partial charge on any atom is -0.426 e. The molecule has 0 fully saturated rings. The highest BCUT2D eigenvalue weighted by Gasteiger charge is 2.16. The summed E-state index contributed by atoms with van der Waals surface area (Å²) in [6, 6.07) is 5.74. The lowest BCUT2D eigenvalue weighted by molar-refractivity contribution is -0.131. The summed E-state index contributed by atoms with van der Waals surface area (Å²) in [5, 5.41) is 0.999. The summed E-state index contributed by atoms with van der Waals surface area (Å²) in [6.45, 7) is 3.44. The second kappa shape index (κ2) is 5.13. The lowest BCUT2D eigenvalue weighted by Gasteiger charge is -2.21. The molecule has 0 unspecified atom stereocenters. The molecule has 0 saturated carbocycles. The van der Waals surface area contributed by atoms with E-state index in [1.165, 1.54) is 12.5 Å². The number of carbonyl (C=O) groups excluding carboxylic acids is 1. The topological polar surface area (TPSA) is 45.3 Å². The monoisotopic (exact) mass is 270 g/mol. The standard InChI is InChI=1S/C16H18N2O2/c1-11(19)20-15-5-3-4-14-16(15)13(10-17-14)12-6-8-18(2)9-7-12/h3-6,10,17H,7-9H2,1-2H3. The molecular weight excluding hydrogens is 252 g/mol. The van der Waals surface area contributed by atoms with E-state index < -0.39 is 0 Å². The number of rotatable bonds is 2. The SMILES string of the molecule is CC(=O)Oc1cccc2[nH]cc(C3=CCN(C)CC3)c12. The first-order valence-corrected chi connectivity index (χ1v) is 6.81. The first kappa shape index (κ1) is 12.9. The van der Waals surface area contributed by atoms with E-state index in [0.29, 0.717) is 5.75 Å². The molecule has 1 N–H and O–H groups in total. The van der Waals surface area contributed by atoms with Crippen molar-refractivity contribution < 1.29 is 9.53 Å². The van der Waals surface area contributed by atoms with Gasteiger partial charge in [-0.05, 0) is 31.2 Å². The second-order valence-corrected chi connectivity index (χ2v) is 5.22. The van der Waals surface area contributed by atoms with Gasteiger partial charge < -0.3 is 14.6 Å². The van der Waals surface area contributed by atoms with Gasteiger partial charge in [-0.15, -0.1) is 0 Å². The molecule has 0 atom stereocenters. The summed E-state index contributed by atoms with van der Waals surface area (Å²) in [4.78, 5) is 16.8. The molecular formula is C16H18N2O2. The molecule has 4 heteroatoms. The van der Waals surface area contributed by atoms with Crippen LogP contribution >= 0.6 is 0 Å². The largest absolute Gasteiger partial charge is 0.426 e. The van der Waals surface area contributed by atoms with E-state index in [-0.39, 0.29) is 5.97 Å². The van der Waals surface area contributed by atoms with Crippen molar-refractivity contribution in [1.29, 1.82) is 0 Å². The highest BCUT2D eigenvalue weighted by atomic mass is 16.5. The van der Waals surface area contributed by atoms with Crippen molar-refractivity contribution in [2.24, 2.45) is 0 Å². The minimum absolute atomic E-state index is 0.290. The molecule has 0 aliphatic carbocycles. The molecule has 0 saturated heterocycles.